The molecule has 1 unspecified atom stereocenters. The zero-order valence-corrected chi connectivity index (χ0v) is 7.79. The molecule has 1 fully saturated rings. The predicted octanol–water partition coefficient (Wildman–Crippen LogP) is 0.0541. The van der Waals surface area contributed by atoms with E-state index in [-0.39, 0.29) is 18.6 Å². The van der Waals surface area contributed by atoms with Gasteiger partial charge in [-0.2, -0.15) is 0 Å². The maximum absolute atomic E-state index is 11.3. The molecule has 4 heteroatoms. The molecule has 2 N–H and O–H groups in total. The second kappa shape index (κ2) is 5.94. The van der Waals surface area contributed by atoms with Gasteiger partial charge < -0.3 is 15.2 Å². The van der Waals surface area contributed by atoms with E-state index in [0.717, 1.165) is 25.8 Å². The second-order valence-corrected chi connectivity index (χ2v) is 3.25. The van der Waals surface area contributed by atoms with Crippen LogP contribution < -0.4 is 5.32 Å². The standard InChI is InChI=1S/C9H17NO3/c11-6-1-2-7-13-9(12)8-4-3-5-10-8/h8,10-11H,1-7H2. The van der Waals surface area contributed by atoms with Gasteiger partial charge in [0.25, 0.3) is 0 Å². The van der Waals surface area contributed by atoms with Crippen LogP contribution in [0.5, 0.6) is 0 Å². The number of rotatable bonds is 5. The zero-order chi connectivity index (χ0) is 9.52. The molecule has 0 amide bonds. The number of hydrogen-bond acceptors (Lipinski definition) is 4. The van der Waals surface area contributed by atoms with Gasteiger partial charge in [-0.3, -0.25) is 4.79 Å². The first-order valence-electron chi connectivity index (χ1n) is 4.85. The second-order valence-electron chi connectivity index (χ2n) is 3.25. The van der Waals surface area contributed by atoms with Crippen LogP contribution in [-0.4, -0.2) is 36.9 Å². The fourth-order valence-electron chi connectivity index (χ4n) is 1.37. The van der Waals surface area contributed by atoms with Gasteiger partial charge in [0.15, 0.2) is 0 Å². The van der Waals surface area contributed by atoms with Crippen LogP contribution in [0.25, 0.3) is 0 Å². The summed E-state index contributed by atoms with van der Waals surface area (Å²) in [5, 5.41) is 11.6. The average Bonchev–Trinajstić information content (AvgIpc) is 2.65. The molecular formula is C9H17NO3. The molecule has 0 spiro atoms. The number of unbranched alkanes of at least 4 members (excludes halogenated alkanes) is 1. The van der Waals surface area contributed by atoms with E-state index in [1.165, 1.54) is 0 Å². The van der Waals surface area contributed by atoms with Crippen LogP contribution in [0.2, 0.25) is 0 Å². The first-order valence-corrected chi connectivity index (χ1v) is 4.85. The highest BCUT2D eigenvalue weighted by molar-refractivity contribution is 5.76. The summed E-state index contributed by atoms with van der Waals surface area (Å²) in [6.45, 7) is 1.51. The summed E-state index contributed by atoms with van der Waals surface area (Å²) in [5.74, 6) is -0.143. The maximum Gasteiger partial charge on any atom is 0.323 e. The van der Waals surface area contributed by atoms with Gasteiger partial charge in [0.2, 0.25) is 0 Å². The first-order chi connectivity index (χ1) is 6.34. The van der Waals surface area contributed by atoms with Gasteiger partial charge in [-0.25, -0.2) is 0 Å². The van der Waals surface area contributed by atoms with E-state index in [1.54, 1.807) is 0 Å². The van der Waals surface area contributed by atoms with E-state index >= 15 is 0 Å². The summed E-state index contributed by atoms with van der Waals surface area (Å²) in [6, 6.07) is -0.0888. The predicted molar refractivity (Wildman–Crippen MR) is 48.3 cm³/mol. The summed E-state index contributed by atoms with van der Waals surface area (Å²) in [7, 11) is 0. The first kappa shape index (κ1) is 10.5. The average molecular weight is 187 g/mol. The summed E-state index contributed by atoms with van der Waals surface area (Å²) >= 11 is 0. The molecule has 4 nitrogen and oxygen atoms in total. The molecule has 1 rings (SSSR count). The van der Waals surface area contributed by atoms with E-state index in [2.05, 4.69) is 5.32 Å². The quantitative estimate of drug-likeness (QED) is 0.472. The summed E-state index contributed by atoms with van der Waals surface area (Å²) in [5.41, 5.74) is 0. The van der Waals surface area contributed by atoms with E-state index in [0.29, 0.717) is 13.0 Å². The SMILES string of the molecule is O=C(OCCCCO)C1CCCN1. The lowest BCUT2D eigenvalue weighted by atomic mass is 10.2. The highest BCUT2D eigenvalue weighted by Crippen LogP contribution is 2.06. The van der Waals surface area contributed by atoms with Gasteiger partial charge in [0, 0.05) is 6.61 Å². The van der Waals surface area contributed by atoms with Crippen molar-refractivity contribution in [1.29, 1.82) is 0 Å². The van der Waals surface area contributed by atoms with Crippen molar-refractivity contribution in [1.82, 2.24) is 5.32 Å². The summed E-state index contributed by atoms with van der Waals surface area (Å²) in [6.07, 6.45) is 3.38. The molecule has 0 radical (unpaired) electrons. The molecule has 76 valence electrons. The van der Waals surface area contributed by atoms with Gasteiger partial charge in [-0.05, 0) is 32.2 Å². The van der Waals surface area contributed by atoms with Crippen LogP contribution in [-0.2, 0) is 9.53 Å². The number of esters is 1. The van der Waals surface area contributed by atoms with Crippen molar-refractivity contribution < 1.29 is 14.6 Å². The van der Waals surface area contributed by atoms with Gasteiger partial charge >= 0.3 is 5.97 Å². The molecule has 0 aromatic rings. The molecule has 0 aromatic heterocycles. The van der Waals surface area contributed by atoms with Crippen molar-refractivity contribution in [2.75, 3.05) is 19.8 Å². The number of carbonyl (C=O) groups is 1. The minimum absolute atomic E-state index is 0.0888. The largest absolute Gasteiger partial charge is 0.465 e. The third kappa shape index (κ3) is 3.74. The number of aliphatic hydroxyl groups is 1. The minimum Gasteiger partial charge on any atom is -0.465 e. The third-order valence-electron chi connectivity index (χ3n) is 2.14. The summed E-state index contributed by atoms with van der Waals surface area (Å²) < 4.78 is 5.02. The Labute approximate surface area is 78.3 Å². The topological polar surface area (TPSA) is 58.6 Å². The van der Waals surface area contributed by atoms with E-state index in [4.69, 9.17) is 9.84 Å². The Morgan fingerprint density at radius 2 is 2.38 bits per heavy atom. The Morgan fingerprint density at radius 3 is 3.00 bits per heavy atom. The van der Waals surface area contributed by atoms with E-state index in [1.807, 2.05) is 0 Å². The lowest BCUT2D eigenvalue weighted by Crippen LogP contribution is -2.32. The highest BCUT2D eigenvalue weighted by Gasteiger charge is 2.22. The van der Waals surface area contributed by atoms with Crippen LogP contribution in [0, 0.1) is 0 Å². The summed E-state index contributed by atoms with van der Waals surface area (Å²) in [4.78, 5) is 11.3. The van der Waals surface area contributed by atoms with Crippen molar-refractivity contribution in [3.8, 4) is 0 Å². The molecule has 1 aliphatic rings. The van der Waals surface area contributed by atoms with Crippen LogP contribution >= 0.6 is 0 Å². The van der Waals surface area contributed by atoms with Gasteiger partial charge in [0.1, 0.15) is 6.04 Å². The molecule has 0 aliphatic carbocycles. The third-order valence-corrected chi connectivity index (χ3v) is 2.14. The van der Waals surface area contributed by atoms with Gasteiger partial charge in [-0.15, -0.1) is 0 Å². The van der Waals surface area contributed by atoms with Crippen molar-refractivity contribution in [3.63, 3.8) is 0 Å². The fraction of sp³-hybridized carbons (Fsp3) is 0.889. The zero-order valence-electron chi connectivity index (χ0n) is 7.79. The molecule has 0 saturated carbocycles. The lowest BCUT2D eigenvalue weighted by molar-refractivity contribution is -0.145. The molecule has 0 aromatic carbocycles. The number of hydrogen-bond donors (Lipinski definition) is 2. The number of nitrogens with one attached hydrogen (secondary N) is 1. The Kier molecular flexibility index (Phi) is 4.78. The smallest absolute Gasteiger partial charge is 0.323 e. The molecule has 1 saturated heterocycles. The van der Waals surface area contributed by atoms with Crippen molar-refractivity contribution in [2.45, 2.75) is 31.7 Å². The molecule has 1 atom stereocenters. The molecule has 1 heterocycles. The molecule has 1 aliphatic heterocycles. The number of carbonyl (C=O) groups excluding carboxylic acids is 1. The molecule has 0 bridgehead atoms. The Bertz CT molecular complexity index is 155. The maximum atomic E-state index is 11.3. The minimum atomic E-state index is -0.143. The van der Waals surface area contributed by atoms with Crippen molar-refractivity contribution in [3.05, 3.63) is 0 Å². The van der Waals surface area contributed by atoms with E-state index in [9.17, 15) is 4.79 Å². The monoisotopic (exact) mass is 187 g/mol. The van der Waals surface area contributed by atoms with Crippen molar-refractivity contribution in [2.24, 2.45) is 0 Å². The van der Waals surface area contributed by atoms with Crippen LogP contribution in [0.1, 0.15) is 25.7 Å². The van der Waals surface area contributed by atoms with Crippen LogP contribution in [0.3, 0.4) is 0 Å². The number of ether oxygens (including phenoxy) is 1. The molecule has 13 heavy (non-hydrogen) atoms. The Balaban J connectivity index is 2.03. The fourth-order valence-corrected chi connectivity index (χ4v) is 1.37. The van der Waals surface area contributed by atoms with Crippen LogP contribution in [0.4, 0.5) is 0 Å². The van der Waals surface area contributed by atoms with Gasteiger partial charge in [0.05, 0.1) is 6.61 Å². The highest BCUT2D eigenvalue weighted by atomic mass is 16.5. The number of aliphatic hydroxyl groups excluding tert-OH is 1. The van der Waals surface area contributed by atoms with Crippen LogP contribution in [0.15, 0.2) is 0 Å². The molecular weight excluding hydrogens is 170 g/mol. The van der Waals surface area contributed by atoms with E-state index < -0.39 is 0 Å². The Hall–Kier alpha value is -0.610. The van der Waals surface area contributed by atoms with Gasteiger partial charge in [-0.1, -0.05) is 0 Å². The normalized spacial score (nSPS) is 21.8. The lowest BCUT2D eigenvalue weighted by Gasteiger charge is -2.09. The Morgan fingerprint density at radius 1 is 1.54 bits per heavy atom. The van der Waals surface area contributed by atoms with Crippen molar-refractivity contribution >= 4 is 5.97 Å².